The minimum absolute atomic E-state index is 0.0767. The molecule has 48 heavy (non-hydrogen) atoms. The summed E-state index contributed by atoms with van der Waals surface area (Å²) >= 11 is 6.64. The molecule has 1 aromatic carbocycles. The zero-order valence-corrected chi connectivity index (χ0v) is 27.2. The van der Waals surface area contributed by atoms with E-state index in [2.05, 4.69) is 15.3 Å². The van der Waals surface area contributed by atoms with Crippen LogP contribution in [0.4, 0.5) is 18.9 Å². The molecule has 5 N–H and O–H groups in total. The number of nitrogen functional groups attached to an aromatic ring is 1. The molecule has 1 aliphatic heterocycles. The Labute approximate surface area is 279 Å². The predicted molar refractivity (Wildman–Crippen MR) is 172 cm³/mol. The van der Waals surface area contributed by atoms with Gasteiger partial charge in [0, 0.05) is 78.5 Å². The molecule has 3 aromatic rings. The fourth-order valence-electron chi connectivity index (χ4n) is 6.01. The highest BCUT2D eigenvalue weighted by molar-refractivity contribution is 6.34. The number of aliphatic imine (C=N–C) groups is 1. The van der Waals surface area contributed by atoms with Crippen LogP contribution >= 0.6 is 11.6 Å². The first kappa shape index (κ1) is 33.3. The molecule has 0 spiro atoms. The number of alkyl halides is 3. The molecule has 2 aromatic heterocycles. The van der Waals surface area contributed by atoms with E-state index in [1.807, 2.05) is 0 Å². The highest BCUT2D eigenvalue weighted by Crippen LogP contribution is 2.52. The van der Waals surface area contributed by atoms with Gasteiger partial charge in [-0.25, -0.2) is 23.1 Å². The number of carbonyl (C=O) groups is 2. The van der Waals surface area contributed by atoms with E-state index in [1.165, 1.54) is 38.8 Å². The lowest BCUT2D eigenvalue weighted by Gasteiger charge is -2.40. The first-order chi connectivity index (χ1) is 22.7. The number of amides is 2. The fraction of sp³-hybridized carbons (Fsp3) is 0.424. The molecule has 2 fully saturated rings. The van der Waals surface area contributed by atoms with Crippen LogP contribution in [0.15, 0.2) is 35.5 Å². The first-order valence-corrected chi connectivity index (χ1v) is 15.6. The van der Waals surface area contributed by atoms with Crippen molar-refractivity contribution < 1.29 is 37.0 Å². The van der Waals surface area contributed by atoms with Crippen LogP contribution in [0.25, 0.3) is 11.3 Å². The van der Waals surface area contributed by atoms with Crippen molar-refractivity contribution in [3.63, 3.8) is 0 Å². The molecule has 15 heteroatoms. The number of hydrogen-bond acceptors (Lipinski definition) is 9. The van der Waals surface area contributed by atoms with Crippen molar-refractivity contribution in [3.05, 3.63) is 57.9 Å². The molecule has 3 aliphatic rings. The molecule has 0 saturated heterocycles. The van der Waals surface area contributed by atoms with Gasteiger partial charge < -0.3 is 31.0 Å². The van der Waals surface area contributed by atoms with Crippen molar-refractivity contribution in [2.75, 3.05) is 33.1 Å². The number of nitrogens with zero attached hydrogens (tertiary/aromatic N) is 3. The third-order valence-electron chi connectivity index (χ3n) is 9.25. The average Bonchev–Trinajstić information content (AvgIpc) is 3.68. The van der Waals surface area contributed by atoms with Gasteiger partial charge in [0.2, 0.25) is 17.7 Å². The van der Waals surface area contributed by atoms with Gasteiger partial charge in [-0.1, -0.05) is 11.6 Å². The van der Waals surface area contributed by atoms with E-state index >= 15 is 0 Å². The third kappa shape index (κ3) is 6.09. The number of pyridine rings is 2. The summed E-state index contributed by atoms with van der Waals surface area (Å²) < 4.78 is 59.4. The zero-order chi connectivity index (χ0) is 34.6. The predicted octanol–water partition coefficient (Wildman–Crippen LogP) is 4.97. The third-order valence-corrected chi connectivity index (χ3v) is 9.61. The van der Waals surface area contributed by atoms with Crippen molar-refractivity contribution in [2.24, 2.45) is 16.6 Å². The molecule has 2 saturated carbocycles. The minimum atomic E-state index is -2.88. The van der Waals surface area contributed by atoms with Gasteiger partial charge in [0.15, 0.2) is 5.79 Å². The van der Waals surface area contributed by atoms with Gasteiger partial charge in [-0.2, -0.15) is 0 Å². The largest absolute Gasteiger partial charge is 0.495 e. The van der Waals surface area contributed by atoms with Crippen LogP contribution in [-0.4, -0.2) is 67.1 Å². The lowest BCUT2D eigenvalue weighted by molar-refractivity contribution is -0.123. The molecule has 0 unspecified atom stereocenters. The first-order valence-electron chi connectivity index (χ1n) is 15.2. The number of hydrogen-bond donors (Lipinski definition) is 3. The second kappa shape index (κ2) is 12.1. The van der Waals surface area contributed by atoms with Crippen LogP contribution in [-0.2, 0) is 10.2 Å². The smallest absolute Gasteiger partial charge is 0.251 e. The van der Waals surface area contributed by atoms with Crippen LogP contribution in [0.1, 0.15) is 65.7 Å². The van der Waals surface area contributed by atoms with E-state index in [1.54, 1.807) is 19.1 Å². The highest BCUT2D eigenvalue weighted by Gasteiger charge is 2.50. The maximum absolute atomic E-state index is 14.3. The summed E-state index contributed by atoms with van der Waals surface area (Å²) in [6.07, 6.45) is 2.46. The molecule has 2 atom stereocenters. The number of halogens is 4. The van der Waals surface area contributed by atoms with Gasteiger partial charge in [0.05, 0.1) is 19.9 Å². The van der Waals surface area contributed by atoms with E-state index in [4.69, 9.17) is 42.3 Å². The number of carbonyl (C=O) groups excluding carboxylic acids is 2. The van der Waals surface area contributed by atoms with Crippen LogP contribution in [0.2, 0.25) is 5.02 Å². The molecule has 0 radical (unpaired) electrons. The average molecular weight is 687 g/mol. The highest BCUT2D eigenvalue weighted by atomic mass is 35.5. The fourth-order valence-corrected chi connectivity index (χ4v) is 6.29. The number of anilines is 1. The summed E-state index contributed by atoms with van der Waals surface area (Å²) in [6, 6.07) is 6.10. The minimum Gasteiger partial charge on any atom is -0.495 e. The Morgan fingerprint density at radius 3 is 2.56 bits per heavy atom. The van der Waals surface area contributed by atoms with Gasteiger partial charge in [0.25, 0.3) is 5.91 Å². The molecular weight excluding hydrogens is 653 g/mol. The number of nitrogens with two attached hydrogens (primary N) is 2. The molecule has 2 aliphatic carbocycles. The van der Waals surface area contributed by atoms with E-state index in [0.717, 1.165) is 0 Å². The maximum Gasteiger partial charge on any atom is 0.251 e. The van der Waals surface area contributed by atoms with Crippen molar-refractivity contribution in [3.8, 4) is 28.6 Å². The summed E-state index contributed by atoms with van der Waals surface area (Å²) in [5, 5.41) is 2.96. The molecule has 2 amide bonds. The van der Waals surface area contributed by atoms with Crippen LogP contribution in [0.5, 0.6) is 17.4 Å². The summed E-state index contributed by atoms with van der Waals surface area (Å²) in [5.74, 6) is -6.47. The summed E-state index contributed by atoms with van der Waals surface area (Å²) in [6.45, 7) is 1.45. The Morgan fingerprint density at radius 2 is 1.94 bits per heavy atom. The number of ether oxygens (including phenoxy) is 3. The Hall–Kier alpha value is -4.59. The van der Waals surface area contributed by atoms with E-state index < -0.39 is 53.6 Å². The Kier molecular flexibility index (Phi) is 8.42. The van der Waals surface area contributed by atoms with Crippen molar-refractivity contribution in [1.82, 2.24) is 15.3 Å². The van der Waals surface area contributed by atoms with Crippen LogP contribution in [0, 0.1) is 5.92 Å². The molecule has 11 nitrogen and oxygen atoms in total. The van der Waals surface area contributed by atoms with Gasteiger partial charge in [-0.3, -0.25) is 14.6 Å². The Bertz CT molecular complexity index is 1830. The lowest BCUT2D eigenvalue weighted by atomic mass is 9.71. The molecule has 254 valence electrons. The van der Waals surface area contributed by atoms with E-state index in [-0.39, 0.29) is 52.5 Å². The van der Waals surface area contributed by atoms with Crippen LogP contribution in [0.3, 0.4) is 0 Å². The Balaban J connectivity index is 1.39. The second-order valence-electron chi connectivity index (χ2n) is 12.6. The van der Waals surface area contributed by atoms with Crippen molar-refractivity contribution in [2.45, 2.75) is 55.7 Å². The number of rotatable bonds is 11. The molecule has 3 heterocycles. The van der Waals surface area contributed by atoms with Crippen molar-refractivity contribution in [1.29, 1.82) is 0 Å². The van der Waals surface area contributed by atoms with Gasteiger partial charge in [-0.15, -0.1) is 0 Å². The number of methoxy groups -OCH3 is 2. The topological polar surface area (TPSA) is 164 Å². The quantitative estimate of drug-likeness (QED) is 0.145. The number of fused-ring (bicyclic) bond motifs is 1. The summed E-state index contributed by atoms with van der Waals surface area (Å²) in [7, 11) is 2.78. The normalized spacial score (nSPS) is 21.1. The van der Waals surface area contributed by atoms with Crippen LogP contribution < -0.4 is 31.0 Å². The standard InChI is InChI=1S/C33H34ClF3N6O5/c1-31(30(39)45)15-48-27-21(31)10-22(43-26(27)19-4-7-40-29(47-3)24(19)34)20(18-11-32(35,36)12-18)14-41-28(44)16-8-17(13-42-33(37)5-6-33)25(38)23(9-16)46-2/h4,7-10,13,18,20H,5-6,11-12,14-15,38H2,1-3H3,(H2,39,45)(H,41,44)/b42-13+/t20-,31-/m0/s1. The second-order valence-corrected chi connectivity index (χ2v) is 13.0. The summed E-state index contributed by atoms with van der Waals surface area (Å²) in [4.78, 5) is 39.2. The SMILES string of the molecule is COc1cc(C(=O)NC[C@H](c2cc3c(c(-c4ccnc(OC)c4Cl)n2)OC[C@]3(C)C(N)=O)C2CC(F)(F)C2)cc(/C=N/C2(F)CC2)c1N. The van der Waals surface area contributed by atoms with Gasteiger partial charge in [0.1, 0.15) is 34.2 Å². The monoisotopic (exact) mass is 686 g/mol. The number of aromatic nitrogens is 2. The zero-order valence-electron chi connectivity index (χ0n) is 26.4. The van der Waals surface area contributed by atoms with Gasteiger partial charge >= 0.3 is 0 Å². The molecule has 6 rings (SSSR count). The number of benzene rings is 1. The number of primary amides is 1. The Morgan fingerprint density at radius 1 is 1.21 bits per heavy atom. The molecular formula is C33H34ClF3N6O5. The van der Waals surface area contributed by atoms with Gasteiger partial charge in [-0.05, 0) is 37.1 Å². The summed E-state index contributed by atoms with van der Waals surface area (Å²) in [5.41, 5.74) is 12.7. The lowest BCUT2D eigenvalue weighted by Crippen LogP contribution is -2.43. The maximum atomic E-state index is 14.3. The number of nitrogens with one attached hydrogen (secondary N) is 1. The van der Waals surface area contributed by atoms with E-state index in [9.17, 15) is 22.8 Å². The van der Waals surface area contributed by atoms with Crippen molar-refractivity contribution >= 4 is 35.3 Å². The van der Waals surface area contributed by atoms with E-state index in [0.29, 0.717) is 35.2 Å². The molecule has 0 bridgehead atoms.